The lowest BCUT2D eigenvalue weighted by atomic mass is 9.48. The minimum atomic E-state index is -3.32. The van der Waals surface area contributed by atoms with Gasteiger partial charge in [-0.25, -0.2) is 9.59 Å². The maximum absolute atomic E-state index is 14.9. The van der Waals surface area contributed by atoms with Crippen LogP contribution in [0.15, 0.2) is 60.7 Å². The van der Waals surface area contributed by atoms with Crippen molar-refractivity contribution in [3.63, 3.8) is 0 Å². The van der Waals surface area contributed by atoms with Crippen molar-refractivity contribution in [2.45, 2.75) is 88.4 Å². The summed E-state index contributed by atoms with van der Waals surface area (Å²) in [5.41, 5.74) is 14.5. The molecule has 5 atom stereocenters. The van der Waals surface area contributed by atoms with Gasteiger partial charge in [-0.3, -0.25) is 19.2 Å². The van der Waals surface area contributed by atoms with E-state index in [0.29, 0.717) is 11.1 Å². The Labute approximate surface area is 274 Å². The molecule has 0 radical (unpaired) electrons. The van der Waals surface area contributed by atoms with Gasteiger partial charge in [0.05, 0.1) is 11.1 Å². The van der Waals surface area contributed by atoms with E-state index in [1.807, 2.05) is 0 Å². The van der Waals surface area contributed by atoms with Crippen LogP contribution in [-0.4, -0.2) is 67.4 Å². The first-order valence-electron chi connectivity index (χ1n) is 15.6. The molecule has 1 fully saturated rings. The molecule has 0 spiro atoms. The van der Waals surface area contributed by atoms with E-state index < -0.39 is 81.4 Å². The molecule has 12 nitrogen and oxygen atoms in total. The summed E-state index contributed by atoms with van der Waals surface area (Å²) in [5, 5.41) is 20.8. The zero-order chi connectivity index (χ0) is 35.6. The predicted octanol–water partition coefficient (Wildman–Crippen LogP) is 1.58. The summed E-state index contributed by atoms with van der Waals surface area (Å²) in [4.78, 5) is 83.2. The average molecular weight is 651 g/mol. The number of carbonyl (C=O) groups is 6. The van der Waals surface area contributed by atoms with Gasteiger partial charge in [0.1, 0.15) is 11.2 Å². The number of ketones is 4. The van der Waals surface area contributed by atoms with Crippen LogP contribution < -0.4 is 22.9 Å². The van der Waals surface area contributed by atoms with Gasteiger partial charge in [0.15, 0.2) is 28.4 Å². The van der Waals surface area contributed by atoms with Gasteiger partial charge in [-0.1, -0.05) is 88.4 Å². The number of carboxylic acids is 2. The molecule has 0 heterocycles. The summed E-state index contributed by atoms with van der Waals surface area (Å²) in [6, 6.07) is 16.7. The van der Waals surface area contributed by atoms with Crippen LogP contribution in [0.3, 0.4) is 0 Å². The average Bonchev–Trinajstić information content (AvgIpc) is 2.99. The number of nitrogens with two attached hydrogens (primary N) is 4. The summed E-state index contributed by atoms with van der Waals surface area (Å²) in [6.45, 7) is 6.11. The second kappa shape index (κ2) is 13.6. The minimum Gasteiger partial charge on any atom is -0.480 e. The molecule has 1 saturated carbocycles. The third-order valence-corrected chi connectivity index (χ3v) is 9.49. The normalized spacial score (nSPS) is 23.9. The van der Waals surface area contributed by atoms with E-state index >= 15 is 0 Å². The molecule has 254 valence electrons. The van der Waals surface area contributed by atoms with Crippen molar-refractivity contribution >= 4 is 35.1 Å². The topological polar surface area (TPSA) is 247 Å². The number of hydrogen-bond donors (Lipinski definition) is 6. The highest BCUT2D eigenvalue weighted by atomic mass is 16.4. The third-order valence-electron chi connectivity index (χ3n) is 9.49. The van der Waals surface area contributed by atoms with Crippen molar-refractivity contribution in [2.75, 3.05) is 0 Å². The van der Waals surface area contributed by atoms with E-state index in [1.54, 1.807) is 74.5 Å². The number of carbonyl (C=O) groups excluding carboxylic acids is 4. The second-order valence-electron chi connectivity index (χ2n) is 13.8. The maximum atomic E-state index is 14.9. The van der Waals surface area contributed by atoms with Crippen LogP contribution in [0.5, 0.6) is 0 Å². The van der Waals surface area contributed by atoms with E-state index in [1.165, 1.54) is 13.8 Å². The summed E-state index contributed by atoms with van der Waals surface area (Å²) in [6.07, 6.45) is -2.41. The molecule has 2 aromatic carbocycles. The van der Waals surface area contributed by atoms with Crippen LogP contribution in [0, 0.1) is 17.3 Å². The molecule has 0 amide bonds. The van der Waals surface area contributed by atoms with Crippen LogP contribution in [0.1, 0.15) is 64.5 Å². The quantitative estimate of drug-likeness (QED) is 0.150. The van der Waals surface area contributed by atoms with Gasteiger partial charge >= 0.3 is 11.9 Å². The molecule has 1 aliphatic carbocycles. The van der Waals surface area contributed by atoms with Gasteiger partial charge in [-0.2, -0.15) is 0 Å². The van der Waals surface area contributed by atoms with Crippen LogP contribution >= 0.6 is 0 Å². The smallest absolute Gasteiger partial charge is 0.333 e. The van der Waals surface area contributed by atoms with E-state index in [4.69, 9.17) is 22.9 Å². The molecular formula is C35H46N4O8. The Morgan fingerprint density at radius 3 is 1.79 bits per heavy atom. The largest absolute Gasteiger partial charge is 0.480 e. The molecule has 2 aromatic rings. The standard InChI is InChI=1S/C35H46N4O8/c1-21(2)17-33(38,29(44)45)26(41)20-32(37,19-24-13-9-6-10-14-24)28(43)35(39,30(46)47)34(22(3)4)25(40)15-16-31(36,27(34)42)18-23-11-7-5-8-12-23/h5-14,21-22H,15-20,36-39H2,1-4H3,(H,44,45)(H,46,47). The fourth-order valence-electron chi connectivity index (χ4n) is 7.16. The molecule has 0 bridgehead atoms. The summed E-state index contributed by atoms with van der Waals surface area (Å²) >= 11 is 0. The number of aliphatic carboxylic acids is 2. The number of benzene rings is 2. The number of rotatable bonds is 15. The van der Waals surface area contributed by atoms with Gasteiger partial charge in [0.2, 0.25) is 0 Å². The Morgan fingerprint density at radius 2 is 1.34 bits per heavy atom. The Morgan fingerprint density at radius 1 is 0.830 bits per heavy atom. The number of hydrogen-bond acceptors (Lipinski definition) is 10. The van der Waals surface area contributed by atoms with Gasteiger partial charge in [-0.05, 0) is 48.6 Å². The minimum absolute atomic E-state index is 0.0713. The highest BCUT2D eigenvalue weighted by molar-refractivity contribution is 6.27. The highest BCUT2D eigenvalue weighted by Crippen LogP contribution is 2.50. The zero-order valence-corrected chi connectivity index (χ0v) is 27.3. The van der Waals surface area contributed by atoms with Crippen LogP contribution in [-0.2, 0) is 41.6 Å². The number of carboxylic acid groups (broad SMARTS) is 2. The van der Waals surface area contributed by atoms with E-state index in [2.05, 4.69) is 0 Å². The Bertz CT molecular complexity index is 1550. The van der Waals surface area contributed by atoms with Crippen molar-refractivity contribution in [3.05, 3.63) is 71.8 Å². The highest BCUT2D eigenvalue weighted by Gasteiger charge is 2.74. The molecule has 3 rings (SSSR count). The molecule has 0 aliphatic heterocycles. The first-order chi connectivity index (χ1) is 21.7. The van der Waals surface area contributed by atoms with Crippen molar-refractivity contribution in [1.82, 2.24) is 0 Å². The lowest BCUT2D eigenvalue weighted by Gasteiger charge is -2.53. The molecule has 12 heteroatoms. The SMILES string of the molecule is CC(C)CC(N)(C(=O)O)C(=O)CC(N)(Cc1ccccc1)C(=O)C(N)(C(=O)O)C1(C(C)C)C(=O)CCC(N)(Cc2ccccc2)C1=O. The molecule has 0 aromatic heterocycles. The van der Waals surface area contributed by atoms with E-state index in [0.717, 1.165) is 0 Å². The van der Waals surface area contributed by atoms with E-state index in [-0.39, 0.29) is 31.6 Å². The first-order valence-corrected chi connectivity index (χ1v) is 15.6. The van der Waals surface area contributed by atoms with Crippen molar-refractivity contribution < 1.29 is 39.0 Å². The first kappa shape index (κ1) is 37.4. The molecule has 5 unspecified atom stereocenters. The summed E-state index contributed by atoms with van der Waals surface area (Å²) in [5.74, 6) is -9.76. The third kappa shape index (κ3) is 6.55. The zero-order valence-electron chi connectivity index (χ0n) is 27.3. The van der Waals surface area contributed by atoms with E-state index in [9.17, 15) is 39.0 Å². The molecule has 1 aliphatic rings. The summed E-state index contributed by atoms with van der Waals surface area (Å²) < 4.78 is 0. The Hall–Kier alpha value is -4.10. The maximum Gasteiger partial charge on any atom is 0.333 e. The molecular weight excluding hydrogens is 604 g/mol. The monoisotopic (exact) mass is 650 g/mol. The van der Waals surface area contributed by atoms with Gasteiger partial charge < -0.3 is 33.1 Å². The van der Waals surface area contributed by atoms with Crippen molar-refractivity contribution in [2.24, 2.45) is 40.2 Å². The lowest BCUT2D eigenvalue weighted by Crippen LogP contribution is -2.82. The van der Waals surface area contributed by atoms with Crippen molar-refractivity contribution in [3.8, 4) is 0 Å². The van der Waals surface area contributed by atoms with Crippen LogP contribution in [0.2, 0.25) is 0 Å². The molecule has 10 N–H and O–H groups in total. The van der Waals surface area contributed by atoms with Crippen molar-refractivity contribution in [1.29, 1.82) is 0 Å². The van der Waals surface area contributed by atoms with Crippen LogP contribution in [0.25, 0.3) is 0 Å². The fourth-order valence-corrected chi connectivity index (χ4v) is 7.16. The molecule has 47 heavy (non-hydrogen) atoms. The lowest BCUT2D eigenvalue weighted by molar-refractivity contribution is -0.175. The predicted molar refractivity (Wildman–Crippen MR) is 174 cm³/mol. The van der Waals surface area contributed by atoms with Gasteiger partial charge in [0, 0.05) is 12.8 Å². The van der Waals surface area contributed by atoms with Gasteiger partial charge in [0.25, 0.3) is 0 Å². The Kier molecular flexibility index (Phi) is 10.8. The number of Topliss-reactive ketones (excluding diaryl/α,β-unsaturated/α-hetero) is 4. The summed E-state index contributed by atoms with van der Waals surface area (Å²) in [7, 11) is 0. The second-order valence-corrected chi connectivity index (χ2v) is 13.8. The Balaban J connectivity index is 2.29. The van der Waals surface area contributed by atoms with Gasteiger partial charge in [-0.15, -0.1) is 0 Å². The molecule has 0 saturated heterocycles. The van der Waals surface area contributed by atoms with Crippen LogP contribution in [0.4, 0.5) is 0 Å². The fraction of sp³-hybridized carbons (Fsp3) is 0.486.